The summed E-state index contributed by atoms with van der Waals surface area (Å²) in [6.45, 7) is 0. The minimum atomic E-state index is 0.497. The monoisotopic (exact) mass is 261 g/mol. The van der Waals surface area contributed by atoms with E-state index in [1.54, 1.807) is 11.8 Å². The largest absolute Gasteiger partial charge is 0.345 e. The van der Waals surface area contributed by atoms with Gasteiger partial charge in [-0.1, -0.05) is 60.4 Å². The topological polar surface area (TPSA) is 12.0 Å². The highest BCUT2D eigenvalue weighted by atomic mass is 32.2. The van der Waals surface area contributed by atoms with Crippen LogP contribution >= 0.6 is 24.0 Å². The maximum absolute atomic E-state index is 5.36. The Morgan fingerprint density at radius 2 is 2.06 bits per heavy atom. The van der Waals surface area contributed by atoms with Crippen molar-refractivity contribution in [3.8, 4) is 0 Å². The Morgan fingerprint density at radius 3 is 2.88 bits per heavy atom. The molecule has 1 aromatic rings. The fraction of sp³-hybridized carbons (Fsp3) is 0.357. The van der Waals surface area contributed by atoms with Crippen LogP contribution in [0.15, 0.2) is 42.1 Å². The van der Waals surface area contributed by atoms with Crippen LogP contribution in [0.25, 0.3) is 0 Å². The zero-order chi connectivity index (χ0) is 11.7. The Hall–Kier alpha value is -0.800. The van der Waals surface area contributed by atoms with Gasteiger partial charge >= 0.3 is 0 Å². The van der Waals surface area contributed by atoms with Gasteiger partial charge in [0.1, 0.15) is 4.32 Å². The number of hydrogen-bond acceptors (Lipinski definition) is 2. The Kier molecular flexibility index (Phi) is 3.21. The van der Waals surface area contributed by atoms with E-state index in [1.807, 2.05) is 0 Å². The molecule has 1 nitrogen and oxygen atoms in total. The van der Waals surface area contributed by atoms with Crippen LogP contribution in [0.2, 0.25) is 0 Å². The average molecular weight is 261 g/mol. The predicted molar refractivity (Wildman–Crippen MR) is 77.9 cm³/mol. The molecule has 17 heavy (non-hydrogen) atoms. The van der Waals surface area contributed by atoms with E-state index in [-0.39, 0.29) is 0 Å². The highest BCUT2D eigenvalue weighted by molar-refractivity contribution is 8.23. The first-order valence-electron chi connectivity index (χ1n) is 6.07. The van der Waals surface area contributed by atoms with Crippen LogP contribution in [0.3, 0.4) is 0 Å². The SMILES string of the molecule is S=C1NC2=CCCC[C@@H]2[C@@H](c2ccccc2)S1. The molecule has 1 aliphatic carbocycles. The van der Waals surface area contributed by atoms with Crippen molar-refractivity contribution in [2.45, 2.75) is 24.5 Å². The molecule has 0 amide bonds. The second-order valence-corrected chi connectivity index (χ2v) is 6.38. The number of allylic oxidation sites excluding steroid dienone is 2. The quantitative estimate of drug-likeness (QED) is 0.766. The zero-order valence-electron chi connectivity index (χ0n) is 9.56. The number of hydrogen-bond donors (Lipinski definition) is 1. The molecular formula is C14H15NS2. The van der Waals surface area contributed by atoms with Crippen LogP contribution in [-0.4, -0.2) is 4.32 Å². The third kappa shape index (κ3) is 2.26. The summed E-state index contributed by atoms with van der Waals surface area (Å²) in [5, 5.41) is 3.87. The van der Waals surface area contributed by atoms with Gasteiger partial charge in [-0.3, -0.25) is 0 Å². The van der Waals surface area contributed by atoms with Gasteiger partial charge in [0, 0.05) is 16.9 Å². The highest BCUT2D eigenvalue weighted by Crippen LogP contribution is 2.46. The first-order valence-corrected chi connectivity index (χ1v) is 7.36. The number of fused-ring (bicyclic) bond motifs is 1. The number of rotatable bonds is 1. The molecule has 1 N–H and O–H groups in total. The normalized spacial score (nSPS) is 28.0. The van der Waals surface area contributed by atoms with E-state index in [9.17, 15) is 0 Å². The summed E-state index contributed by atoms with van der Waals surface area (Å²) in [7, 11) is 0. The third-order valence-corrected chi connectivity index (χ3v) is 5.02. The number of nitrogens with one attached hydrogen (secondary N) is 1. The molecule has 0 unspecified atom stereocenters. The van der Waals surface area contributed by atoms with Gasteiger partial charge in [-0.05, 0) is 24.8 Å². The van der Waals surface area contributed by atoms with E-state index in [1.165, 1.54) is 30.5 Å². The molecule has 1 aromatic carbocycles. The summed E-state index contributed by atoms with van der Waals surface area (Å²) in [6, 6.07) is 10.8. The van der Waals surface area contributed by atoms with Crippen molar-refractivity contribution in [3.05, 3.63) is 47.7 Å². The highest BCUT2D eigenvalue weighted by Gasteiger charge is 2.33. The Bertz CT molecular complexity index is 453. The minimum absolute atomic E-state index is 0.497. The van der Waals surface area contributed by atoms with Crippen LogP contribution < -0.4 is 5.32 Å². The van der Waals surface area contributed by atoms with Gasteiger partial charge in [-0.25, -0.2) is 0 Å². The van der Waals surface area contributed by atoms with Crippen molar-refractivity contribution < 1.29 is 0 Å². The smallest absolute Gasteiger partial charge is 0.138 e. The molecule has 0 bridgehead atoms. The Morgan fingerprint density at radius 1 is 1.24 bits per heavy atom. The molecule has 1 saturated heterocycles. The van der Waals surface area contributed by atoms with Crippen LogP contribution in [0.4, 0.5) is 0 Å². The standard InChI is InChI=1S/C14H15NS2/c16-14-15-12-9-5-4-8-11(12)13(17-14)10-6-2-1-3-7-10/h1-3,6-7,9,11,13H,4-5,8H2,(H,15,16)/t11-,13+/m0/s1. The van der Waals surface area contributed by atoms with Crippen molar-refractivity contribution in [3.63, 3.8) is 0 Å². The Labute approximate surface area is 112 Å². The molecule has 1 aliphatic heterocycles. The predicted octanol–water partition coefficient (Wildman–Crippen LogP) is 4.03. The van der Waals surface area contributed by atoms with Crippen molar-refractivity contribution >= 4 is 28.3 Å². The summed E-state index contributed by atoms with van der Waals surface area (Å²) < 4.78 is 0.920. The molecular weight excluding hydrogens is 246 g/mol. The van der Waals surface area contributed by atoms with Gasteiger partial charge in [-0.2, -0.15) is 0 Å². The van der Waals surface area contributed by atoms with Crippen molar-refractivity contribution in [2.75, 3.05) is 0 Å². The number of thiocarbonyl (C=S) groups is 1. The number of benzene rings is 1. The molecule has 3 heteroatoms. The summed E-state index contributed by atoms with van der Waals surface area (Å²) in [5.74, 6) is 0.614. The number of thioether (sulfide) groups is 1. The van der Waals surface area contributed by atoms with Crippen molar-refractivity contribution in [1.29, 1.82) is 0 Å². The minimum Gasteiger partial charge on any atom is -0.345 e. The Balaban J connectivity index is 1.95. The second-order valence-electron chi connectivity index (χ2n) is 4.56. The lowest BCUT2D eigenvalue weighted by Gasteiger charge is -2.37. The first-order chi connectivity index (χ1) is 8.34. The van der Waals surface area contributed by atoms with Crippen LogP contribution in [0, 0.1) is 5.92 Å². The maximum Gasteiger partial charge on any atom is 0.138 e. The molecule has 0 saturated carbocycles. The van der Waals surface area contributed by atoms with Gasteiger partial charge in [0.05, 0.1) is 0 Å². The molecule has 88 valence electrons. The fourth-order valence-electron chi connectivity index (χ4n) is 2.65. The molecule has 0 radical (unpaired) electrons. The lowest BCUT2D eigenvalue weighted by atomic mass is 9.86. The maximum atomic E-state index is 5.36. The van der Waals surface area contributed by atoms with Crippen LogP contribution in [0.5, 0.6) is 0 Å². The van der Waals surface area contributed by atoms with Crippen molar-refractivity contribution in [1.82, 2.24) is 5.32 Å². The fourth-order valence-corrected chi connectivity index (χ4v) is 4.22. The van der Waals surface area contributed by atoms with E-state index in [0.717, 1.165) is 4.32 Å². The summed E-state index contributed by atoms with van der Waals surface area (Å²) >= 11 is 7.17. The summed E-state index contributed by atoms with van der Waals surface area (Å²) in [6.07, 6.45) is 6.09. The molecule has 0 aromatic heterocycles. The summed E-state index contributed by atoms with van der Waals surface area (Å²) in [5.41, 5.74) is 2.76. The second kappa shape index (κ2) is 4.83. The van der Waals surface area contributed by atoms with Gasteiger partial charge in [-0.15, -0.1) is 0 Å². The lowest BCUT2D eigenvalue weighted by Crippen LogP contribution is -2.34. The van der Waals surface area contributed by atoms with E-state index in [0.29, 0.717) is 11.2 Å². The van der Waals surface area contributed by atoms with Crippen LogP contribution in [0.1, 0.15) is 30.1 Å². The zero-order valence-corrected chi connectivity index (χ0v) is 11.2. The van der Waals surface area contributed by atoms with E-state index >= 15 is 0 Å². The molecule has 1 fully saturated rings. The van der Waals surface area contributed by atoms with E-state index < -0.39 is 0 Å². The lowest BCUT2D eigenvalue weighted by molar-refractivity contribution is 0.482. The van der Waals surface area contributed by atoms with Gasteiger partial charge < -0.3 is 5.32 Å². The molecule has 2 atom stereocenters. The van der Waals surface area contributed by atoms with Gasteiger partial charge in [0.2, 0.25) is 0 Å². The molecule has 2 aliphatic rings. The summed E-state index contributed by atoms with van der Waals surface area (Å²) in [4.78, 5) is 0. The molecule has 3 rings (SSSR count). The van der Waals surface area contributed by atoms with Gasteiger partial charge in [0.15, 0.2) is 0 Å². The average Bonchev–Trinajstić information content (AvgIpc) is 2.39. The van der Waals surface area contributed by atoms with E-state index in [4.69, 9.17) is 12.2 Å². The third-order valence-electron chi connectivity index (χ3n) is 3.46. The van der Waals surface area contributed by atoms with Crippen molar-refractivity contribution in [2.24, 2.45) is 5.92 Å². The molecule has 0 spiro atoms. The molecule has 1 heterocycles. The van der Waals surface area contributed by atoms with E-state index in [2.05, 4.69) is 41.7 Å². The first kappa shape index (κ1) is 11.3. The van der Waals surface area contributed by atoms with Crippen LogP contribution in [-0.2, 0) is 0 Å². The van der Waals surface area contributed by atoms with Gasteiger partial charge in [0.25, 0.3) is 0 Å².